The monoisotopic (exact) mass is 204 g/mol. The number of carbonyl (C=O) groups is 1. The molecule has 0 fully saturated rings. The van der Waals surface area contributed by atoms with Crippen molar-refractivity contribution in [3.05, 3.63) is 28.8 Å². The van der Waals surface area contributed by atoms with Gasteiger partial charge in [0.2, 0.25) is 0 Å². The van der Waals surface area contributed by atoms with Crippen LogP contribution in [0.15, 0.2) is 6.20 Å². The quantitative estimate of drug-likeness (QED) is 0.794. The standard InChI is InChI=1S/C8H7F3N2O/c1-3-2-13-6(7(10)11)4(5(3)9)8(12)14/h2,7H,1H3,(H2,12,14). The van der Waals surface area contributed by atoms with Gasteiger partial charge in [-0.15, -0.1) is 0 Å². The molecule has 0 aliphatic rings. The second-order valence-corrected chi connectivity index (χ2v) is 2.68. The maximum Gasteiger partial charge on any atom is 0.281 e. The lowest BCUT2D eigenvalue weighted by molar-refractivity contribution is 0.0977. The van der Waals surface area contributed by atoms with E-state index in [1.807, 2.05) is 0 Å². The van der Waals surface area contributed by atoms with Crippen LogP contribution in [0, 0.1) is 12.7 Å². The van der Waals surface area contributed by atoms with Crippen molar-refractivity contribution in [2.45, 2.75) is 13.3 Å². The van der Waals surface area contributed by atoms with E-state index in [2.05, 4.69) is 4.98 Å². The Hall–Kier alpha value is -1.59. The van der Waals surface area contributed by atoms with E-state index in [9.17, 15) is 18.0 Å². The molecular formula is C8H7F3N2O. The summed E-state index contributed by atoms with van der Waals surface area (Å²) in [5.41, 5.74) is 3.02. The van der Waals surface area contributed by atoms with Gasteiger partial charge < -0.3 is 5.73 Å². The molecule has 6 heteroatoms. The van der Waals surface area contributed by atoms with E-state index in [4.69, 9.17) is 5.73 Å². The third kappa shape index (κ3) is 1.68. The van der Waals surface area contributed by atoms with Gasteiger partial charge in [-0.1, -0.05) is 0 Å². The number of aryl methyl sites for hydroxylation is 1. The fourth-order valence-electron chi connectivity index (χ4n) is 0.997. The maximum absolute atomic E-state index is 13.2. The first-order valence-corrected chi connectivity index (χ1v) is 3.68. The minimum absolute atomic E-state index is 0.00296. The molecule has 0 bridgehead atoms. The van der Waals surface area contributed by atoms with Crippen LogP contribution in [0.3, 0.4) is 0 Å². The third-order valence-electron chi connectivity index (χ3n) is 1.67. The SMILES string of the molecule is Cc1cnc(C(F)F)c(C(N)=O)c1F. The third-order valence-corrected chi connectivity index (χ3v) is 1.67. The van der Waals surface area contributed by atoms with Crippen LogP contribution >= 0.6 is 0 Å². The highest BCUT2D eigenvalue weighted by molar-refractivity contribution is 5.94. The van der Waals surface area contributed by atoms with Crippen LogP contribution in [0.5, 0.6) is 0 Å². The summed E-state index contributed by atoms with van der Waals surface area (Å²) in [6, 6.07) is 0. The van der Waals surface area contributed by atoms with Gasteiger partial charge in [0.05, 0.1) is 0 Å². The molecule has 0 atom stereocenters. The lowest BCUT2D eigenvalue weighted by Crippen LogP contribution is -2.18. The van der Waals surface area contributed by atoms with Crippen molar-refractivity contribution in [3.8, 4) is 0 Å². The van der Waals surface area contributed by atoms with Crippen molar-refractivity contribution in [1.82, 2.24) is 4.98 Å². The molecule has 0 spiro atoms. The van der Waals surface area contributed by atoms with Crippen LogP contribution in [0.25, 0.3) is 0 Å². The molecule has 1 amide bonds. The number of pyridine rings is 1. The number of hydrogen-bond donors (Lipinski definition) is 1. The number of rotatable bonds is 2. The molecular weight excluding hydrogens is 197 g/mol. The number of nitrogens with two attached hydrogens (primary N) is 1. The molecule has 3 nitrogen and oxygen atoms in total. The van der Waals surface area contributed by atoms with Crippen LogP contribution in [0.1, 0.15) is 28.0 Å². The predicted octanol–water partition coefficient (Wildman–Crippen LogP) is 1.57. The van der Waals surface area contributed by atoms with Crippen LogP contribution < -0.4 is 5.73 Å². The molecule has 0 aliphatic heterocycles. The number of nitrogens with zero attached hydrogens (tertiary/aromatic N) is 1. The summed E-state index contributed by atoms with van der Waals surface area (Å²) >= 11 is 0. The zero-order valence-corrected chi connectivity index (χ0v) is 7.22. The smallest absolute Gasteiger partial charge is 0.281 e. The molecule has 1 aromatic heterocycles. The van der Waals surface area contributed by atoms with Crippen molar-refractivity contribution in [3.63, 3.8) is 0 Å². The molecule has 0 radical (unpaired) electrons. The van der Waals surface area contributed by atoms with Gasteiger partial charge in [-0.3, -0.25) is 9.78 Å². The molecule has 0 saturated carbocycles. The van der Waals surface area contributed by atoms with E-state index in [-0.39, 0.29) is 5.56 Å². The molecule has 1 heterocycles. The van der Waals surface area contributed by atoms with Gasteiger partial charge in [-0.2, -0.15) is 0 Å². The van der Waals surface area contributed by atoms with Crippen LogP contribution in [0.4, 0.5) is 13.2 Å². The summed E-state index contributed by atoms with van der Waals surface area (Å²) in [6.07, 6.45) is -2.09. The van der Waals surface area contributed by atoms with Crippen molar-refractivity contribution in [2.75, 3.05) is 0 Å². The summed E-state index contributed by atoms with van der Waals surface area (Å²) in [4.78, 5) is 14.0. The Morgan fingerprint density at radius 1 is 1.57 bits per heavy atom. The van der Waals surface area contributed by atoms with E-state index in [0.29, 0.717) is 0 Å². The Labute approximate surface area is 77.7 Å². The van der Waals surface area contributed by atoms with Crippen LogP contribution in [0.2, 0.25) is 0 Å². The maximum atomic E-state index is 13.2. The van der Waals surface area contributed by atoms with E-state index in [0.717, 1.165) is 6.20 Å². The Morgan fingerprint density at radius 2 is 2.14 bits per heavy atom. The summed E-state index contributed by atoms with van der Waals surface area (Å²) in [6.45, 7) is 1.31. The molecule has 1 aromatic rings. The average Bonchev–Trinajstić information content (AvgIpc) is 2.08. The fraction of sp³-hybridized carbons (Fsp3) is 0.250. The van der Waals surface area contributed by atoms with Gasteiger partial charge in [0.25, 0.3) is 12.3 Å². The first kappa shape index (κ1) is 10.5. The summed E-state index contributed by atoms with van der Waals surface area (Å²) in [7, 11) is 0. The molecule has 76 valence electrons. The molecule has 0 aromatic carbocycles. The summed E-state index contributed by atoms with van der Waals surface area (Å²) < 4.78 is 37.7. The number of aromatic nitrogens is 1. The van der Waals surface area contributed by atoms with Gasteiger partial charge in [0, 0.05) is 11.8 Å². The van der Waals surface area contributed by atoms with Crippen molar-refractivity contribution in [2.24, 2.45) is 5.73 Å². The second kappa shape index (κ2) is 3.65. The van der Waals surface area contributed by atoms with E-state index in [1.165, 1.54) is 6.92 Å². The van der Waals surface area contributed by atoms with Gasteiger partial charge in [-0.05, 0) is 6.92 Å². The lowest BCUT2D eigenvalue weighted by Gasteiger charge is -2.07. The van der Waals surface area contributed by atoms with E-state index < -0.39 is 29.4 Å². The zero-order valence-electron chi connectivity index (χ0n) is 7.22. The molecule has 0 saturated heterocycles. The average molecular weight is 204 g/mol. The highest BCUT2D eigenvalue weighted by Crippen LogP contribution is 2.23. The molecule has 0 unspecified atom stereocenters. The summed E-state index contributed by atoms with van der Waals surface area (Å²) in [5.74, 6) is -2.28. The lowest BCUT2D eigenvalue weighted by atomic mass is 10.1. The van der Waals surface area contributed by atoms with Crippen LogP contribution in [-0.4, -0.2) is 10.9 Å². The Bertz CT molecular complexity index is 379. The van der Waals surface area contributed by atoms with Gasteiger partial charge in [0.15, 0.2) is 0 Å². The number of primary amides is 1. The second-order valence-electron chi connectivity index (χ2n) is 2.68. The minimum atomic E-state index is -3.02. The number of carbonyl (C=O) groups excluding carboxylic acids is 1. The highest BCUT2D eigenvalue weighted by atomic mass is 19.3. The van der Waals surface area contributed by atoms with Gasteiger partial charge >= 0.3 is 0 Å². The van der Waals surface area contributed by atoms with Crippen molar-refractivity contribution < 1.29 is 18.0 Å². The van der Waals surface area contributed by atoms with Gasteiger partial charge in [-0.25, -0.2) is 13.2 Å². The number of alkyl halides is 2. The number of hydrogen-bond acceptors (Lipinski definition) is 2. The topological polar surface area (TPSA) is 56.0 Å². The molecule has 0 aliphatic carbocycles. The van der Waals surface area contributed by atoms with Crippen molar-refractivity contribution in [1.29, 1.82) is 0 Å². The molecule has 2 N–H and O–H groups in total. The Balaban J connectivity index is 3.45. The first-order valence-electron chi connectivity index (χ1n) is 3.68. The van der Waals surface area contributed by atoms with Gasteiger partial charge in [0.1, 0.15) is 17.1 Å². The first-order chi connectivity index (χ1) is 6.45. The van der Waals surface area contributed by atoms with E-state index >= 15 is 0 Å². The Morgan fingerprint density at radius 3 is 2.57 bits per heavy atom. The van der Waals surface area contributed by atoms with Crippen LogP contribution in [-0.2, 0) is 0 Å². The highest BCUT2D eigenvalue weighted by Gasteiger charge is 2.23. The Kier molecular flexibility index (Phi) is 2.73. The fourth-order valence-corrected chi connectivity index (χ4v) is 0.997. The van der Waals surface area contributed by atoms with E-state index in [1.54, 1.807) is 0 Å². The normalized spacial score (nSPS) is 10.6. The minimum Gasteiger partial charge on any atom is -0.365 e. The largest absolute Gasteiger partial charge is 0.365 e. The predicted molar refractivity (Wildman–Crippen MR) is 42.4 cm³/mol. The number of amides is 1. The van der Waals surface area contributed by atoms with Crippen molar-refractivity contribution >= 4 is 5.91 Å². The zero-order chi connectivity index (χ0) is 10.9. The molecule has 14 heavy (non-hydrogen) atoms. The molecule has 1 rings (SSSR count). The summed E-state index contributed by atoms with van der Waals surface area (Å²) in [5, 5.41) is 0. The number of halogens is 3.